The molecule has 248 valence electrons. The van der Waals surface area contributed by atoms with E-state index in [0.29, 0.717) is 29.7 Å². The van der Waals surface area contributed by atoms with Crippen LogP contribution < -0.4 is 0 Å². The van der Waals surface area contributed by atoms with Gasteiger partial charge in [0.05, 0.1) is 23.8 Å². The summed E-state index contributed by atoms with van der Waals surface area (Å²) in [6, 6.07) is 25.7. The Kier molecular flexibility index (Phi) is 11.2. The molecule has 0 radical (unpaired) electrons. The molecule has 0 amide bonds. The van der Waals surface area contributed by atoms with Crippen LogP contribution in [-0.2, 0) is 28.3 Å². The lowest BCUT2D eigenvalue weighted by Crippen LogP contribution is -2.28. The van der Waals surface area contributed by atoms with Crippen LogP contribution in [0.1, 0.15) is 68.6 Å². The summed E-state index contributed by atoms with van der Waals surface area (Å²) < 4.78 is 40.0. The second-order valence-electron chi connectivity index (χ2n) is 12.7. The summed E-state index contributed by atoms with van der Waals surface area (Å²) in [6.45, 7) is 1.93. The Bertz CT molecular complexity index is 1810. The highest BCUT2D eigenvalue weighted by molar-refractivity contribution is 5.90. The molecule has 0 bridgehead atoms. The summed E-state index contributed by atoms with van der Waals surface area (Å²) in [4.78, 5) is 17.7. The second-order valence-corrected chi connectivity index (χ2v) is 12.7. The molecule has 8 heteroatoms. The number of nitrogens with zero attached hydrogens (tertiary/aromatic N) is 3. The zero-order valence-corrected chi connectivity index (χ0v) is 27.9. The summed E-state index contributed by atoms with van der Waals surface area (Å²) in [5, 5.41) is 9.65. The van der Waals surface area contributed by atoms with Gasteiger partial charge in [-0.05, 0) is 141 Å². The largest absolute Gasteiger partial charge is 0.457 e. The van der Waals surface area contributed by atoms with Crippen molar-refractivity contribution in [3.63, 3.8) is 0 Å². The number of esters is 1. The number of hydrogen-bond donors (Lipinski definition) is 0. The second kappa shape index (κ2) is 15.5. The summed E-state index contributed by atoms with van der Waals surface area (Å²) in [6.07, 6.45) is 4.39. The van der Waals surface area contributed by atoms with Gasteiger partial charge in [0.25, 0.3) is 0 Å². The number of carbonyl (C=O) groups excluding carboxylic acids is 1. The fourth-order valence-electron chi connectivity index (χ4n) is 6.22. The van der Waals surface area contributed by atoms with Crippen molar-refractivity contribution in [1.82, 2.24) is 9.80 Å². The van der Waals surface area contributed by atoms with Crippen LogP contribution in [0.15, 0.2) is 91.0 Å². The van der Waals surface area contributed by atoms with E-state index in [9.17, 15) is 18.8 Å². The normalized spacial score (nSPS) is 15.9. The number of halogens is 2. The highest BCUT2D eigenvalue weighted by Crippen LogP contribution is 2.45. The Hall–Kier alpha value is -4.68. The Balaban J connectivity index is 1.41. The van der Waals surface area contributed by atoms with Crippen LogP contribution in [0.2, 0.25) is 0 Å². The van der Waals surface area contributed by atoms with Crippen LogP contribution in [0, 0.1) is 23.0 Å². The molecule has 4 aromatic carbocycles. The average molecular weight is 650 g/mol. The van der Waals surface area contributed by atoms with Gasteiger partial charge >= 0.3 is 5.97 Å². The molecule has 0 spiro atoms. The maximum Gasteiger partial charge on any atom is 0.338 e. The van der Waals surface area contributed by atoms with Gasteiger partial charge in [-0.25, -0.2) is 13.6 Å². The van der Waals surface area contributed by atoms with Gasteiger partial charge in [0.15, 0.2) is 0 Å². The van der Waals surface area contributed by atoms with E-state index in [2.05, 4.69) is 21.9 Å². The van der Waals surface area contributed by atoms with Gasteiger partial charge in [0.2, 0.25) is 0 Å². The predicted octanol–water partition coefficient (Wildman–Crippen LogP) is 7.69. The quantitative estimate of drug-likeness (QED) is 0.138. The maximum absolute atomic E-state index is 13.9. The van der Waals surface area contributed by atoms with Crippen LogP contribution in [0.4, 0.5) is 8.78 Å². The van der Waals surface area contributed by atoms with E-state index in [4.69, 9.17) is 9.47 Å². The zero-order chi connectivity index (χ0) is 34.3. The van der Waals surface area contributed by atoms with Gasteiger partial charge < -0.3 is 19.3 Å². The first-order valence-corrected chi connectivity index (χ1v) is 16.1. The summed E-state index contributed by atoms with van der Waals surface area (Å²) in [7, 11) is 8.04. The van der Waals surface area contributed by atoms with Crippen molar-refractivity contribution < 1.29 is 23.0 Å². The molecule has 0 aliphatic carbocycles. The predicted molar refractivity (Wildman–Crippen MR) is 183 cm³/mol. The minimum absolute atomic E-state index is 0.0620. The molecule has 0 saturated heterocycles. The van der Waals surface area contributed by atoms with Gasteiger partial charge in [-0.15, -0.1) is 0 Å². The van der Waals surface area contributed by atoms with E-state index in [1.165, 1.54) is 24.3 Å². The summed E-state index contributed by atoms with van der Waals surface area (Å²) in [5.74, 6) is -1.14. The van der Waals surface area contributed by atoms with E-state index in [0.717, 1.165) is 59.3 Å². The van der Waals surface area contributed by atoms with E-state index in [-0.39, 0.29) is 18.2 Å². The van der Waals surface area contributed by atoms with Crippen LogP contribution in [-0.4, -0.2) is 57.0 Å². The topological polar surface area (TPSA) is 65.8 Å². The monoisotopic (exact) mass is 649 g/mol. The summed E-state index contributed by atoms with van der Waals surface area (Å²) >= 11 is 0. The molecule has 4 aromatic rings. The lowest BCUT2D eigenvalue weighted by Gasteiger charge is -2.31. The van der Waals surface area contributed by atoms with Gasteiger partial charge in [-0.1, -0.05) is 42.5 Å². The lowest BCUT2D eigenvalue weighted by atomic mass is 9.81. The SMILES string of the molecule is CN(C)CC/C=C(/c1ccc(F)cc1)c1ccc(C#N)cc1COC(=O)c1ccc2c(c1)COC2(CCCN(C)C)c1ccc(F)cc1. The maximum atomic E-state index is 13.9. The molecule has 48 heavy (non-hydrogen) atoms. The fourth-order valence-corrected chi connectivity index (χ4v) is 6.22. The molecule has 1 atom stereocenters. The van der Waals surface area contributed by atoms with Crippen LogP contribution >= 0.6 is 0 Å². The number of ether oxygens (including phenoxy) is 2. The highest BCUT2D eigenvalue weighted by Gasteiger charge is 2.41. The molecule has 1 unspecified atom stereocenters. The minimum atomic E-state index is -0.746. The molecule has 1 aliphatic heterocycles. The highest BCUT2D eigenvalue weighted by atomic mass is 19.1. The zero-order valence-electron chi connectivity index (χ0n) is 27.9. The van der Waals surface area contributed by atoms with Crippen molar-refractivity contribution in [3.8, 4) is 6.07 Å². The Labute approximate surface area is 281 Å². The van der Waals surface area contributed by atoms with Gasteiger partial charge in [-0.3, -0.25) is 0 Å². The first-order valence-electron chi connectivity index (χ1n) is 16.1. The van der Waals surface area contributed by atoms with Gasteiger partial charge in [0, 0.05) is 6.54 Å². The molecule has 0 aromatic heterocycles. The van der Waals surface area contributed by atoms with Crippen molar-refractivity contribution in [1.29, 1.82) is 5.26 Å². The molecule has 1 heterocycles. The average Bonchev–Trinajstić information content (AvgIpc) is 3.44. The number of fused-ring (bicyclic) bond motifs is 1. The van der Waals surface area contributed by atoms with E-state index in [1.54, 1.807) is 42.5 Å². The van der Waals surface area contributed by atoms with E-state index >= 15 is 0 Å². The molecule has 1 aliphatic rings. The number of carbonyl (C=O) groups is 1. The van der Waals surface area contributed by atoms with Crippen molar-refractivity contribution in [2.24, 2.45) is 0 Å². The molecular formula is C40H41F2N3O3. The van der Waals surface area contributed by atoms with E-state index < -0.39 is 11.6 Å². The molecule has 0 fully saturated rings. The molecular weight excluding hydrogens is 608 g/mol. The van der Waals surface area contributed by atoms with Gasteiger partial charge in [-0.2, -0.15) is 5.26 Å². The third-order valence-electron chi connectivity index (χ3n) is 8.66. The van der Waals surface area contributed by atoms with Crippen molar-refractivity contribution >= 4 is 11.5 Å². The first kappa shape index (κ1) is 34.6. The summed E-state index contributed by atoms with van der Waals surface area (Å²) in [5.41, 5.74) is 5.96. The number of benzene rings is 4. The van der Waals surface area contributed by atoms with Crippen molar-refractivity contribution in [3.05, 3.63) is 147 Å². The Morgan fingerprint density at radius 3 is 2.23 bits per heavy atom. The Morgan fingerprint density at radius 1 is 0.896 bits per heavy atom. The lowest BCUT2D eigenvalue weighted by molar-refractivity contribution is -0.0140. The number of hydrogen-bond acceptors (Lipinski definition) is 6. The molecule has 5 rings (SSSR count). The standard InChI is InChI=1S/C40H41F2N3O3/c1-44(2)21-5-7-36(29-9-14-34(41)15-10-29)37-18-8-28(25-43)23-31(37)26-47-39(46)30-11-19-38-32(24-30)27-48-40(38,20-6-22-45(3)4)33-12-16-35(42)17-13-33/h7-19,23-24H,5-6,20-22,26-27H2,1-4H3/b36-7-. The molecule has 6 nitrogen and oxygen atoms in total. The number of rotatable bonds is 13. The van der Waals surface area contributed by atoms with Crippen LogP contribution in [0.25, 0.3) is 5.57 Å². The number of nitriles is 1. The Morgan fingerprint density at radius 2 is 1.56 bits per heavy atom. The van der Waals surface area contributed by atoms with Crippen molar-refractivity contribution in [2.75, 3.05) is 41.3 Å². The van der Waals surface area contributed by atoms with Crippen LogP contribution in [0.5, 0.6) is 0 Å². The first-order chi connectivity index (χ1) is 23.1. The third kappa shape index (κ3) is 8.06. The van der Waals surface area contributed by atoms with Crippen LogP contribution in [0.3, 0.4) is 0 Å². The van der Waals surface area contributed by atoms with Gasteiger partial charge in [0.1, 0.15) is 23.8 Å². The van der Waals surface area contributed by atoms with E-state index in [1.807, 2.05) is 46.4 Å². The van der Waals surface area contributed by atoms with Crippen molar-refractivity contribution in [2.45, 2.75) is 38.1 Å². The third-order valence-corrected chi connectivity index (χ3v) is 8.66. The fraction of sp³-hybridized carbons (Fsp3) is 0.300. The minimum Gasteiger partial charge on any atom is -0.457 e. The molecule has 0 N–H and O–H groups in total. The smallest absolute Gasteiger partial charge is 0.338 e. The molecule has 0 saturated carbocycles.